The molecule has 1 fully saturated rings. The smallest absolute Gasteiger partial charge is 0.251 e. The van der Waals surface area contributed by atoms with Crippen molar-refractivity contribution in [1.29, 1.82) is 0 Å². The molecule has 7 nitrogen and oxygen atoms in total. The molecular weight excluding hydrogens is 605 g/mol. The zero-order chi connectivity index (χ0) is 35.9. The summed E-state index contributed by atoms with van der Waals surface area (Å²) in [5, 5.41) is 4.26. The molecule has 2 unspecified atom stereocenters. The zero-order valence-corrected chi connectivity index (χ0v) is 31.0. The van der Waals surface area contributed by atoms with Gasteiger partial charge in [0.15, 0.2) is 0 Å². The van der Waals surface area contributed by atoms with Crippen LogP contribution in [0.1, 0.15) is 111 Å². The molecule has 0 spiro atoms. The monoisotopic (exact) mass is 658 g/mol. The summed E-state index contributed by atoms with van der Waals surface area (Å²) in [4.78, 5) is 32.2. The maximum Gasteiger partial charge on any atom is 0.251 e. The summed E-state index contributed by atoms with van der Waals surface area (Å²) in [6, 6.07) is 16.1. The van der Waals surface area contributed by atoms with E-state index < -0.39 is 0 Å². The number of aliphatic imine (C=N–C) groups is 2. The van der Waals surface area contributed by atoms with E-state index in [1.165, 1.54) is 46.9 Å². The average molecular weight is 659 g/mol. The van der Waals surface area contributed by atoms with Gasteiger partial charge in [0, 0.05) is 60.2 Å². The number of hydrogen-bond acceptors (Lipinski definition) is 6. The number of benzene rings is 2. The van der Waals surface area contributed by atoms with Crippen molar-refractivity contribution >= 4 is 29.2 Å². The number of carbonyl (C=O) groups is 1. The van der Waals surface area contributed by atoms with Crippen molar-refractivity contribution in [2.45, 2.75) is 79.2 Å². The highest BCUT2D eigenvalue weighted by molar-refractivity contribution is 6.22. The first-order valence-electron chi connectivity index (χ1n) is 17.8. The number of amides is 1. The molecule has 2 bridgehead atoms. The number of likely N-dealkylation sites (N-methyl/N-ethyl adjacent to an activating group) is 1. The minimum atomic E-state index is -0.0422. The first kappa shape index (κ1) is 38.8. The van der Waals surface area contributed by atoms with Gasteiger partial charge in [-0.25, -0.2) is 4.98 Å². The quantitative estimate of drug-likeness (QED) is 0.172. The van der Waals surface area contributed by atoms with Crippen LogP contribution in [0, 0.1) is 11.8 Å². The summed E-state index contributed by atoms with van der Waals surface area (Å²) < 4.78 is 0. The second-order valence-corrected chi connectivity index (χ2v) is 11.6. The first-order valence-corrected chi connectivity index (χ1v) is 17.8. The molecule has 3 aliphatic rings. The molecule has 2 atom stereocenters. The topological polar surface area (TPSA) is 82.8 Å². The lowest BCUT2D eigenvalue weighted by molar-refractivity contribution is 0.0951. The van der Waals surface area contributed by atoms with Crippen LogP contribution in [-0.4, -0.2) is 67.4 Å². The molecule has 2 aromatic heterocycles. The molecule has 0 radical (unpaired) electrons. The van der Waals surface area contributed by atoms with Gasteiger partial charge in [-0.2, -0.15) is 0 Å². The van der Waals surface area contributed by atoms with Gasteiger partial charge in [-0.15, -0.1) is 0 Å². The SMILES string of the molecule is C=NC.CC.CC.CC.CN(C)CCNC(=O)c1ccc(-c2nc3ccc4c(c3c3c2C2CCC3C2)C(C#Cc2ccncc2)=NC4)cc1. The molecule has 7 rings (SSSR count). The number of fused-ring (bicyclic) bond motifs is 9. The Bertz CT molecular complexity index is 1780. The molecule has 258 valence electrons. The predicted octanol–water partition coefficient (Wildman–Crippen LogP) is 8.70. The lowest BCUT2D eigenvalue weighted by Gasteiger charge is -2.22. The van der Waals surface area contributed by atoms with Crippen LogP contribution in [0.3, 0.4) is 0 Å². The number of nitrogens with zero attached hydrogens (tertiary/aromatic N) is 5. The fraction of sp³-hybridized carbons (Fsp3) is 0.405. The van der Waals surface area contributed by atoms with Gasteiger partial charge >= 0.3 is 0 Å². The molecule has 1 amide bonds. The van der Waals surface area contributed by atoms with Gasteiger partial charge in [-0.1, -0.05) is 65.7 Å². The molecule has 1 saturated carbocycles. The van der Waals surface area contributed by atoms with E-state index >= 15 is 0 Å². The molecule has 2 aliphatic carbocycles. The molecule has 4 aromatic rings. The number of carbonyl (C=O) groups excluding carboxylic acids is 1. The Labute approximate surface area is 294 Å². The Morgan fingerprint density at radius 1 is 0.918 bits per heavy atom. The van der Waals surface area contributed by atoms with Gasteiger partial charge in [0.25, 0.3) is 5.91 Å². The summed E-state index contributed by atoms with van der Waals surface area (Å²) >= 11 is 0. The Kier molecular flexibility index (Phi) is 15.3. The zero-order valence-electron chi connectivity index (χ0n) is 31.0. The van der Waals surface area contributed by atoms with E-state index in [9.17, 15) is 4.79 Å². The van der Waals surface area contributed by atoms with E-state index in [0.717, 1.165) is 34.6 Å². The highest BCUT2D eigenvalue weighted by Crippen LogP contribution is 2.58. The molecular formula is C42H54N6O. The van der Waals surface area contributed by atoms with Crippen LogP contribution in [0.25, 0.3) is 22.2 Å². The van der Waals surface area contributed by atoms with E-state index in [-0.39, 0.29) is 5.91 Å². The van der Waals surface area contributed by atoms with E-state index in [2.05, 4.69) is 63.0 Å². The normalized spacial score (nSPS) is 15.6. The second kappa shape index (κ2) is 19.4. The van der Waals surface area contributed by atoms with Crippen LogP contribution in [0.4, 0.5) is 0 Å². The van der Waals surface area contributed by atoms with Gasteiger partial charge in [-0.05, 0) is 105 Å². The maximum absolute atomic E-state index is 12.7. The van der Waals surface area contributed by atoms with E-state index in [0.29, 0.717) is 30.5 Å². The van der Waals surface area contributed by atoms with Gasteiger partial charge in [-0.3, -0.25) is 14.8 Å². The third-order valence-corrected chi connectivity index (χ3v) is 8.48. The van der Waals surface area contributed by atoms with Crippen molar-refractivity contribution < 1.29 is 4.79 Å². The van der Waals surface area contributed by atoms with Gasteiger partial charge in [0.2, 0.25) is 0 Å². The fourth-order valence-corrected chi connectivity index (χ4v) is 6.60. The molecule has 7 heteroatoms. The van der Waals surface area contributed by atoms with Gasteiger partial charge in [0.1, 0.15) is 5.71 Å². The summed E-state index contributed by atoms with van der Waals surface area (Å²) in [5.41, 5.74) is 10.9. The van der Waals surface area contributed by atoms with Crippen molar-refractivity contribution in [3.63, 3.8) is 0 Å². The lowest BCUT2D eigenvalue weighted by Crippen LogP contribution is -2.31. The summed E-state index contributed by atoms with van der Waals surface area (Å²) in [5.74, 6) is 7.69. The van der Waals surface area contributed by atoms with Crippen molar-refractivity contribution in [2.75, 3.05) is 34.2 Å². The van der Waals surface area contributed by atoms with Crippen molar-refractivity contribution in [1.82, 2.24) is 20.2 Å². The van der Waals surface area contributed by atoms with Crippen LogP contribution in [0.15, 0.2) is 70.9 Å². The van der Waals surface area contributed by atoms with E-state index in [4.69, 9.17) is 9.98 Å². The summed E-state index contributed by atoms with van der Waals surface area (Å²) in [6.07, 6.45) is 7.16. The first-order chi connectivity index (χ1) is 24.0. The lowest BCUT2D eigenvalue weighted by atomic mass is 9.83. The van der Waals surface area contributed by atoms with Crippen molar-refractivity contribution in [2.24, 2.45) is 9.98 Å². The Morgan fingerprint density at radius 2 is 1.55 bits per heavy atom. The third kappa shape index (κ3) is 8.87. The van der Waals surface area contributed by atoms with Crippen LogP contribution >= 0.6 is 0 Å². The third-order valence-electron chi connectivity index (χ3n) is 8.48. The van der Waals surface area contributed by atoms with Crippen molar-refractivity contribution in [3.05, 3.63) is 94.3 Å². The van der Waals surface area contributed by atoms with Crippen LogP contribution in [0.5, 0.6) is 0 Å². The Hall–Kier alpha value is -4.67. The molecule has 1 aliphatic heterocycles. The minimum Gasteiger partial charge on any atom is -0.351 e. The highest BCUT2D eigenvalue weighted by Gasteiger charge is 2.41. The number of nitrogens with one attached hydrogen (secondary N) is 1. The number of hydrogen-bond donors (Lipinski definition) is 1. The molecule has 2 aromatic carbocycles. The van der Waals surface area contributed by atoms with E-state index in [1.54, 1.807) is 19.4 Å². The van der Waals surface area contributed by atoms with Crippen LogP contribution in [-0.2, 0) is 6.54 Å². The number of rotatable bonds is 5. The molecule has 1 N–H and O–H groups in total. The van der Waals surface area contributed by atoms with Crippen LogP contribution < -0.4 is 5.32 Å². The average Bonchev–Trinajstić information content (AvgIpc) is 3.90. The van der Waals surface area contributed by atoms with E-state index in [1.807, 2.05) is 79.9 Å². The highest BCUT2D eigenvalue weighted by atomic mass is 16.1. The Balaban J connectivity index is 0.000000665. The van der Waals surface area contributed by atoms with Crippen molar-refractivity contribution in [3.8, 4) is 23.1 Å². The second-order valence-electron chi connectivity index (χ2n) is 11.6. The standard InChI is InChI=1S/C34H31N5O.C2H5N.3C2H6/c1-39(2)18-17-36-34(40)23-6-4-22(5-7-23)33-31-25-9-8-24(19-25)30(31)32-28(38-33)12-10-26-20-37-27(29(26)32)11-3-21-13-15-35-16-14-21;1-3-2;3*1-2/h4-7,10,12-16,24-25H,8-9,17-20H2,1-2H3,(H,36,40);1H2,2H3;3*1-2H3. The van der Waals surface area contributed by atoms with Gasteiger partial charge < -0.3 is 15.2 Å². The maximum atomic E-state index is 12.7. The van der Waals surface area contributed by atoms with Crippen LogP contribution in [0.2, 0.25) is 0 Å². The molecule has 3 heterocycles. The number of pyridine rings is 2. The fourth-order valence-electron chi connectivity index (χ4n) is 6.60. The number of aromatic nitrogens is 2. The molecule has 0 saturated heterocycles. The largest absolute Gasteiger partial charge is 0.351 e. The molecule has 49 heavy (non-hydrogen) atoms. The summed E-state index contributed by atoms with van der Waals surface area (Å²) in [6.45, 7) is 17.2. The minimum absolute atomic E-state index is 0.0422. The van der Waals surface area contributed by atoms with Gasteiger partial charge in [0.05, 0.1) is 17.8 Å². The predicted molar refractivity (Wildman–Crippen MR) is 208 cm³/mol. The summed E-state index contributed by atoms with van der Waals surface area (Å²) in [7, 11) is 5.64. The Morgan fingerprint density at radius 3 is 2.18 bits per heavy atom.